The number of aliphatic hydroxyl groups is 1. The second kappa shape index (κ2) is 7.42. The summed E-state index contributed by atoms with van der Waals surface area (Å²) in [5.74, 6) is 0.744. The molecule has 0 saturated carbocycles. The number of hydrogen-bond donors (Lipinski definition) is 3. The lowest BCUT2D eigenvalue weighted by molar-refractivity contribution is 0.0975. The van der Waals surface area contributed by atoms with Crippen molar-refractivity contribution < 1.29 is 14.1 Å². The van der Waals surface area contributed by atoms with Crippen molar-refractivity contribution in [3.63, 3.8) is 0 Å². The monoisotopic (exact) mass is 313 g/mol. The molecular weight excluding hydrogens is 290 g/mol. The van der Waals surface area contributed by atoms with Crippen LogP contribution in [0, 0.1) is 5.41 Å². The molecule has 1 atom stereocenters. The van der Waals surface area contributed by atoms with E-state index in [1.807, 2.05) is 27.7 Å². The summed E-state index contributed by atoms with van der Waals surface area (Å²) in [6.07, 6.45) is 0. The second-order valence-corrected chi connectivity index (χ2v) is 6.00. The first kappa shape index (κ1) is 17.5. The van der Waals surface area contributed by atoms with Crippen molar-refractivity contribution in [2.24, 2.45) is 15.5 Å². The molecule has 21 heavy (non-hydrogen) atoms. The van der Waals surface area contributed by atoms with Crippen LogP contribution < -0.4 is 15.2 Å². The fourth-order valence-electron chi connectivity index (χ4n) is 1.57. The summed E-state index contributed by atoms with van der Waals surface area (Å²) >= 11 is -1.55. The standard InChI is InChI=1S/C12H17N3O3S.C2H6/c1-12(2,6-16)7-18-9-5-3-4-8-10(9)11(13)15-19(17)14-8;1-2/h3-5,14,16H,6-7H2,1-2H3,(H2,13,15);1-2H3. The highest BCUT2D eigenvalue weighted by Crippen LogP contribution is 2.30. The molecule has 0 saturated heterocycles. The van der Waals surface area contributed by atoms with E-state index in [2.05, 4.69) is 9.12 Å². The topological polar surface area (TPSA) is 96.9 Å². The third-order valence-corrected chi connectivity index (χ3v) is 3.46. The molecule has 1 aliphatic heterocycles. The lowest BCUT2D eigenvalue weighted by Crippen LogP contribution is -2.28. The first-order chi connectivity index (χ1) is 9.93. The molecule has 0 spiro atoms. The van der Waals surface area contributed by atoms with Gasteiger partial charge in [0.2, 0.25) is 11.2 Å². The van der Waals surface area contributed by atoms with Gasteiger partial charge in [0.1, 0.15) is 11.6 Å². The molecule has 0 bridgehead atoms. The van der Waals surface area contributed by atoms with Gasteiger partial charge in [-0.15, -0.1) is 0 Å². The molecule has 1 aromatic carbocycles. The van der Waals surface area contributed by atoms with E-state index in [4.69, 9.17) is 10.5 Å². The minimum absolute atomic E-state index is 0.0217. The third-order valence-electron chi connectivity index (χ3n) is 2.71. The molecule has 6 nitrogen and oxygen atoms in total. The van der Waals surface area contributed by atoms with Crippen molar-refractivity contribution in [2.45, 2.75) is 27.7 Å². The number of fused-ring (bicyclic) bond motifs is 1. The molecule has 1 unspecified atom stereocenters. The van der Waals surface area contributed by atoms with Gasteiger partial charge >= 0.3 is 0 Å². The Morgan fingerprint density at radius 3 is 2.71 bits per heavy atom. The maximum Gasteiger partial charge on any atom is 0.245 e. The second-order valence-electron chi connectivity index (χ2n) is 5.12. The lowest BCUT2D eigenvalue weighted by atomic mass is 9.96. The van der Waals surface area contributed by atoms with Gasteiger partial charge in [-0.05, 0) is 12.1 Å². The average Bonchev–Trinajstić information content (AvgIpc) is 2.46. The molecule has 1 aliphatic rings. The molecule has 0 aromatic heterocycles. The average molecular weight is 313 g/mol. The third kappa shape index (κ3) is 4.44. The highest BCUT2D eigenvalue weighted by atomic mass is 32.2. The normalized spacial score (nSPS) is 16.8. The molecule has 4 N–H and O–H groups in total. The van der Waals surface area contributed by atoms with E-state index in [0.717, 1.165) is 0 Å². The molecule has 0 amide bonds. The van der Waals surface area contributed by atoms with Crippen molar-refractivity contribution in [1.29, 1.82) is 0 Å². The molecule has 1 heterocycles. The first-order valence-corrected chi connectivity index (χ1v) is 7.93. The van der Waals surface area contributed by atoms with Crippen LogP contribution in [0.3, 0.4) is 0 Å². The minimum Gasteiger partial charge on any atom is -0.492 e. The largest absolute Gasteiger partial charge is 0.492 e. The van der Waals surface area contributed by atoms with E-state index in [1.165, 1.54) is 0 Å². The summed E-state index contributed by atoms with van der Waals surface area (Å²) < 4.78 is 23.6. The van der Waals surface area contributed by atoms with Gasteiger partial charge < -0.3 is 15.6 Å². The molecule has 2 rings (SSSR count). The van der Waals surface area contributed by atoms with Gasteiger partial charge in [-0.2, -0.15) is 4.40 Å². The van der Waals surface area contributed by atoms with Crippen molar-refractivity contribution >= 4 is 22.7 Å². The number of nitrogens with one attached hydrogen (secondary N) is 1. The maximum absolute atomic E-state index is 11.4. The quantitative estimate of drug-likeness (QED) is 0.790. The molecular formula is C14H23N3O3S. The SMILES string of the molecule is CC.CC(C)(CO)COc1cccc2c1C(N)=NS(=O)N2. The summed E-state index contributed by atoms with van der Waals surface area (Å²) in [5.41, 5.74) is 6.69. The predicted octanol–water partition coefficient (Wildman–Crippen LogP) is 1.82. The van der Waals surface area contributed by atoms with Crippen molar-refractivity contribution in [3.05, 3.63) is 23.8 Å². The minimum atomic E-state index is -1.55. The van der Waals surface area contributed by atoms with Crippen LogP contribution in [0.1, 0.15) is 33.3 Å². The number of ether oxygens (including phenoxy) is 1. The number of hydrogen-bond acceptors (Lipinski definition) is 4. The van der Waals surface area contributed by atoms with Gasteiger partial charge in [0.15, 0.2) is 0 Å². The highest BCUT2D eigenvalue weighted by molar-refractivity contribution is 7.85. The van der Waals surface area contributed by atoms with E-state index in [9.17, 15) is 9.32 Å². The number of nitrogens with two attached hydrogens (primary N) is 1. The van der Waals surface area contributed by atoms with Gasteiger partial charge in [0.05, 0.1) is 24.5 Å². The summed E-state index contributed by atoms with van der Waals surface area (Å²) in [4.78, 5) is 0. The zero-order chi connectivity index (χ0) is 16.0. The smallest absolute Gasteiger partial charge is 0.245 e. The van der Waals surface area contributed by atoms with E-state index >= 15 is 0 Å². The van der Waals surface area contributed by atoms with Crippen LogP contribution in [0.15, 0.2) is 22.6 Å². The van der Waals surface area contributed by atoms with Crippen LogP contribution in [0.2, 0.25) is 0 Å². The Labute approximate surface area is 128 Å². The Morgan fingerprint density at radius 2 is 2.10 bits per heavy atom. The molecule has 0 fully saturated rings. The van der Waals surface area contributed by atoms with Gasteiger partial charge in [-0.1, -0.05) is 33.8 Å². The number of benzene rings is 1. The van der Waals surface area contributed by atoms with Crippen LogP contribution in [0.4, 0.5) is 5.69 Å². The molecule has 0 radical (unpaired) electrons. The number of rotatable bonds is 4. The molecule has 0 aliphatic carbocycles. The zero-order valence-corrected chi connectivity index (χ0v) is 13.7. The summed E-state index contributed by atoms with van der Waals surface area (Å²) in [6.45, 7) is 8.16. The fraction of sp³-hybridized carbons (Fsp3) is 0.500. The van der Waals surface area contributed by atoms with Crippen LogP contribution in [-0.2, 0) is 11.2 Å². The van der Waals surface area contributed by atoms with Crippen molar-refractivity contribution in [2.75, 3.05) is 17.9 Å². The number of amidine groups is 1. The fourth-order valence-corrected chi connectivity index (χ4v) is 2.25. The van der Waals surface area contributed by atoms with Crippen LogP contribution in [-0.4, -0.2) is 28.4 Å². The molecule has 118 valence electrons. The van der Waals surface area contributed by atoms with E-state index in [0.29, 0.717) is 23.6 Å². The van der Waals surface area contributed by atoms with E-state index in [1.54, 1.807) is 18.2 Å². The van der Waals surface area contributed by atoms with Crippen molar-refractivity contribution in [1.82, 2.24) is 0 Å². The highest BCUT2D eigenvalue weighted by Gasteiger charge is 2.22. The number of aliphatic hydroxyl groups excluding tert-OH is 1. The molecule has 1 aromatic rings. The van der Waals surface area contributed by atoms with Gasteiger partial charge in [-0.25, -0.2) is 4.21 Å². The van der Waals surface area contributed by atoms with Crippen molar-refractivity contribution in [3.8, 4) is 5.75 Å². The summed E-state index contributed by atoms with van der Waals surface area (Å²) in [7, 11) is 0. The van der Waals surface area contributed by atoms with Gasteiger partial charge in [0.25, 0.3) is 0 Å². The molecule has 7 heteroatoms. The zero-order valence-electron chi connectivity index (χ0n) is 12.8. The Balaban J connectivity index is 0.00000106. The Morgan fingerprint density at radius 1 is 1.43 bits per heavy atom. The number of nitrogens with zero attached hydrogens (tertiary/aromatic N) is 1. The lowest BCUT2D eigenvalue weighted by Gasteiger charge is -2.24. The van der Waals surface area contributed by atoms with Crippen LogP contribution in [0.25, 0.3) is 0 Å². The Kier molecular flexibility index (Phi) is 6.17. The van der Waals surface area contributed by atoms with Crippen LogP contribution >= 0.6 is 0 Å². The summed E-state index contributed by atoms with van der Waals surface area (Å²) in [6, 6.07) is 5.31. The van der Waals surface area contributed by atoms with Gasteiger partial charge in [0, 0.05) is 5.41 Å². The van der Waals surface area contributed by atoms with E-state index < -0.39 is 11.2 Å². The first-order valence-electron chi connectivity index (χ1n) is 6.83. The predicted molar refractivity (Wildman–Crippen MR) is 86.6 cm³/mol. The number of anilines is 1. The Hall–Kier alpha value is -1.60. The Bertz CT molecular complexity index is 544. The van der Waals surface area contributed by atoms with E-state index in [-0.39, 0.29) is 17.9 Å². The summed E-state index contributed by atoms with van der Waals surface area (Å²) in [5, 5.41) is 9.22. The van der Waals surface area contributed by atoms with Crippen LogP contribution in [0.5, 0.6) is 5.75 Å². The maximum atomic E-state index is 11.4. The van der Waals surface area contributed by atoms with Gasteiger partial charge in [-0.3, -0.25) is 4.72 Å².